The Kier molecular flexibility index (Phi) is 3.54. The number of hydrogen-bond acceptors (Lipinski definition) is 3. The van der Waals surface area contributed by atoms with Gasteiger partial charge in [0.25, 0.3) is 11.8 Å². The molecule has 0 saturated heterocycles. The largest absolute Gasteiger partial charge is 0.298 e. The molecule has 2 fully saturated rings. The van der Waals surface area contributed by atoms with Crippen LogP contribution in [0.2, 0.25) is 0 Å². The van der Waals surface area contributed by atoms with Crippen LogP contribution in [-0.2, 0) is 9.59 Å². The summed E-state index contributed by atoms with van der Waals surface area (Å²) in [5, 5.41) is 0. The molecule has 2 atom stereocenters. The van der Waals surface area contributed by atoms with E-state index in [1.807, 2.05) is 26.8 Å². The Balaban J connectivity index is 1.69. The van der Waals surface area contributed by atoms with Crippen LogP contribution >= 0.6 is 0 Å². The van der Waals surface area contributed by atoms with Gasteiger partial charge in [0, 0.05) is 11.0 Å². The molecule has 0 aromatic heterocycles. The maximum atomic E-state index is 12.6. The lowest BCUT2D eigenvalue weighted by Crippen LogP contribution is -2.52. The molecule has 1 aromatic carbocycles. The van der Waals surface area contributed by atoms with E-state index in [0.717, 1.165) is 12.0 Å². The molecule has 2 N–H and O–H groups in total. The zero-order chi connectivity index (χ0) is 16.8. The molecule has 0 aliphatic heterocycles. The van der Waals surface area contributed by atoms with Crippen molar-refractivity contribution in [1.82, 2.24) is 10.9 Å². The molecule has 0 spiro atoms. The molecule has 0 radical (unpaired) electrons. The molecule has 1 aromatic rings. The highest BCUT2D eigenvalue weighted by molar-refractivity contribution is 6.11. The van der Waals surface area contributed by atoms with Crippen molar-refractivity contribution < 1.29 is 14.4 Å². The van der Waals surface area contributed by atoms with Crippen molar-refractivity contribution in [1.29, 1.82) is 0 Å². The van der Waals surface area contributed by atoms with Crippen molar-refractivity contribution in [2.24, 2.45) is 16.7 Å². The van der Waals surface area contributed by atoms with Crippen molar-refractivity contribution in [3.05, 3.63) is 35.4 Å². The summed E-state index contributed by atoms with van der Waals surface area (Å²) in [5.41, 5.74) is 4.94. The Hall–Kier alpha value is -2.17. The van der Waals surface area contributed by atoms with Crippen molar-refractivity contribution >= 4 is 17.6 Å². The molecule has 3 rings (SSSR count). The smallest absolute Gasteiger partial charge is 0.269 e. The average Bonchev–Trinajstić information content (AvgIpc) is 3.04. The van der Waals surface area contributed by atoms with Crippen LogP contribution in [0.3, 0.4) is 0 Å². The van der Waals surface area contributed by atoms with Gasteiger partial charge >= 0.3 is 0 Å². The van der Waals surface area contributed by atoms with Crippen LogP contribution in [0.5, 0.6) is 0 Å². The van der Waals surface area contributed by atoms with Crippen LogP contribution in [0.15, 0.2) is 24.3 Å². The highest BCUT2D eigenvalue weighted by Crippen LogP contribution is 2.60. The summed E-state index contributed by atoms with van der Waals surface area (Å²) in [7, 11) is 0. The van der Waals surface area contributed by atoms with Gasteiger partial charge < -0.3 is 0 Å². The van der Waals surface area contributed by atoms with Crippen molar-refractivity contribution in [3.63, 3.8) is 0 Å². The average molecular weight is 314 g/mol. The third-order valence-electron chi connectivity index (χ3n) is 5.56. The second-order valence-corrected chi connectivity index (χ2v) is 7.35. The van der Waals surface area contributed by atoms with Gasteiger partial charge in [-0.1, -0.05) is 31.5 Å². The summed E-state index contributed by atoms with van der Waals surface area (Å²) in [6.45, 7) is 5.73. The van der Waals surface area contributed by atoms with Crippen LogP contribution in [0.25, 0.3) is 0 Å². The zero-order valence-electron chi connectivity index (χ0n) is 13.7. The first-order valence-electron chi connectivity index (χ1n) is 8.00. The monoisotopic (exact) mass is 314 g/mol. The minimum atomic E-state index is -0.964. The lowest BCUT2D eigenvalue weighted by Gasteiger charge is -2.32. The van der Waals surface area contributed by atoms with E-state index in [4.69, 9.17) is 0 Å². The molecule has 2 unspecified atom stereocenters. The van der Waals surface area contributed by atoms with E-state index in [2.05, 4.69) is 10.9 Å². The fourth-order valence-corrected chi connectivity index (χ4v) is 4.07. The number of hydrazine groups is 1. The molecule has 2 saturated carbocycles. The van der Waals surface area contributed by atoms with Gasteiger partial charge in [0.2, 0.25) is 0 Å². The predicted octanol–water partition coefficient (Wildman–Crippen LogP) is 2.15. The van der Waals surface area contributed by atoms with Crippen molar-refractivity contribution in [3.8, 4) is 0 Å². The number of nitrogens with one attached hydrogen (secondary N) is 2. The van der Waals surface area contributed by atoms with Crippen LogP contribution < -0.4 is 10.9 Å². The number of Topliss-reactive ketones (excluding diaryl/α,β-unsaturated/α-hetero) is 1. The Morgan fingerprint density at radius 1 is 1.22 bits per heavy atom. The number of carbonyl (C=O) groups is 3. The molecule has 2 amide bonds. The van der Waals surface area contributed by atoms with Gasteiger partial charge in [-0.3, -0.25) is 25.2 Å². The van der Waals surface area contributed by atoms with E-state index < -0.39 is 10.8 Å². The zero-order valence-corrected chi connectivity index (χ0v) is 13.7. The van der Waals surface area contributed by atoms with Crippen LogP contribution in [-0.4, -0.2) is 17.6 Å². The normalized spacial score (nSPS) is 27.8. The van der Waals surface area contributed by atoms with Crippen LogP contribution in [0.1, 0.15) is 49.0 Å². The fraction of sp³-hybridized carbons (Fsp3) is 0.500. The lowest BCUT2D eigenvalue weighted by molar-refractivity contribution is -0.145. The summed E-state index contributed by atoms with van der Waals surface area (Å²) in [4.78, 5) is 37.3. The van der Waals surface area contributed by atoms with E-state index in [-0.39, 0.29) is 23.5 Å². The summed E-state index contributed by atoms with van der Waals surface area (Å²) >= 11 is 0. The summed E-state index contributed by atoms with van der Waals surface area (Å²) in [6, 6.07) is 7.11. The molecule has 5 nitrogen and oxygen atoms in total. The molecule has 122 valence electrons. The Morgan fingerprint density at radius 3 is 2.57 bits per heavy atom. The standard InChI is InChI=1S/C18H22N2O3/c1-11-5-4-6-12(9-11)14(21)19-20-16(23)18-8-7-13(10-18)17(2,3)15(18)22/h4-6,9,13H,7-8,10H2,1-3H3,(H,19,21)(H,20,23). The number of aryl methyl sites for hydroxylation is 1. The van der Waals surface area contributed by atoms with Gasteiger partial charge in [0.1, 0.15) is 5.41 Å². The summed E-state index contributed by atoms with van der Waals surface area (Å²) in [5.74, 6) is -0.494. The van der Waals surface area contributed by atoms with Gasteiger partial charge in [0.05, 0.1) is 0 Å². The maximum absolute atomic E-state index is 12.6. The third-order valence-corrected chi connectivity index (χ3v) is 5.56. The Bertz CT molecular complexity index is 695. The van der Waals surface area contributed by atoms with Gasteiger partial charge in [-0.25, -0.2) is 0 Å². The fourth-order valence-electron chi connectivity index (χ4n) is 4.07. The van der Waals surface area contributed by atoms with Crippen molar-refractivity contribution in [2.45, 2.75) is 40.0 Å². The van der Waals surface area contributed by atoms with Gasteiger partial charge in [-0.2, -0.15) is 0 Å². The van der Waals surface area contributed by atoms with E-state index >= 15 is 0 Å². The number of fused-ring (bicyclic) bond motifs is 2. The van der Waals surface area contributed by atoms with Gasteiger partial charge in [0.15, 0.2) is 5.78 Å². The molecular formula is C18H22N2O3. The lowest BCUT2D eigenvalue weighted by atomic mass is 9.70. The van der Waals surface area contributed by atoms with Crippen molar-refractivity contribution in [2.75, 3.05) is 0 Å². The van der Waals surface area contributed by atoms with Crippen LogP contribution in [0, 0.1) is 23.7 Å². The number of carbonyl (C=O) groups excluding carboxylic acids is 3. The molecule has 2 aliphatic carbocycles. The van der Waals surface area contributed by atoms with Crippen LogP contribution in [0.4, 0.5) is 0 Å². The Morgan fingerprint density at radius 2 is 1.96 bits per heavy atom. The highest BCUT2D eigenvalue weighted by atomic mass is 16.2. The number of ketones is 1. The number of benzene rings is 1. The minimum Gasteiger partial charge on any atom is -0.298 e. The van der Waals surface area contributed by atoms with E-state index in [9.17, 15) is 14.4 Å². The SMILES string of the molecule is Cc1cccc(C(=O)NNC(=O)C23CCC(C2)C(C)(C)C3=O)c1. The molecule has 0 heterocycles. The number of amides is 2. The number of rotatable bonds is 2. The molecular weight excluding hydrogens is 292 g/mol. The second-order valence-electron chi connectivity index (χ2n) is 7.35. The first-order valence-corrected chi connectivity index (χ1v) is 8.00. The maximum Gasteiger partial charge on any atom is 0.269 e. The first-order chi connectivity index (χ1) is 10.8. The van der Waals surface area contributed by atoms with Gasteiger partial charge in [-0.15, -0.1) is 0 Å². The third kappa shape index (κ3) is 2.35. The Labute approximate surface area is 135 Å². The predicted molar refractivity (Wildman–Crippen MR) is 85.3 cm³/mol. The van der Waals surface area contributed by atoms with E-state index in [1.54, 1.807) is 18.2 Å². The highest BCUT2D eigenvalue weighted by Gasteiger charge is 2.65. The first kappa shape index (κ1) is 15.7. The second kappa shape index (κ2) is 5.18. The molecule has 2 bridgehead atoms. The minimum absolute atomic E-state index is 0.00329. The molecule has 2 aliphatic rings. The van der Waals surface area contributed by atoms with E-state index in [1.165, 1.54) is 0 Å². The molecule has 5 heteroatoms. The summed E-state index contributed by atoms with van der Waals surface area (Å²) < 4.78 is 0. The number of hydrogen-bond donors (Lipinski definition) is 2. The quantitative estimate of drug-likeness (QED) is 0.649. The van der Waals surface area contributed by atoms with Gasteiger partial charge in [-0.05, 0) is 44.2 Å². The molecule has 23 heavy (non-hydrogen) atoms. The summed E-state index contributed by atoms with van der Waals surface area (Å²) in [6.07, 6.45) is 2.05. The van der Waals surface area contributed by atoms with E-state index in [0.29, 0.717) is 18.4 Å². The topological polar surface area (TPSA) is 75.3 Å².